The number of ketones is 1. The number of carbonyl (C=O) groups is 3. The van der Waals surface area contributed by atoms with Gasteiger partial charge in [-0.2, -0.15) is 0 Å². The summed E-state index contributed by atoms with van der Waals surface area (Å²) in [5, 5.41) is 2.69. The maximum atomic E-state index is 14.0. The van der Waals surface area contributed by atoms with Crippen molar-refractivity contribution in [1.82, 2.24) is 0 Å². The van der Waals surface area contributed by atoms with Crippen molar-refractivity contribution in [3.05, 3.63) is 58.4 Å². The Morgan fingerprint density at radius 1 is 1.12 bits per heavy atom. The van der Waals surface area contributed by atoms with Crippen LogP contribution in [0, 0.1) is 5.82 Å². The highest BCUT2D eigenvalue weighted by atomic mass is 35.5. The zero-order valence-corrected chi connectivity index (χ0v) is 14.7. The Labute approximate surface area is 153 Å². The average Bonchev–Trinajstić information content (AvgIpc) is 2.59. The first-order valence-electron chi connectivity index (χ1n) is 7.43. The van der Waals surface area contributed by atoms with E-state index in [1.807, 2.05) is 0 Å². The van der Waals surface area contributed by atoms with Gasteiger partial charge >= 0.3 is 5.97 Å². The minimum Gasteiger partial charge on any atom is -0.496 e. The molecular formula is C18H15ClFNO5. The molecule has 0 atom stereocenters. The van der Waals surface area contributed by atoms with E-state index in [0.29, 0.717) is 5.02 Å². The van der Waals surface area contributed by atoms with Gasteiger partial charge in [0.1, 0.15) is 17.1 Å². The van der Waals surface area contributed by atoms with Crippen LogP contribution in [0.15, 0.2) is 36.4 Å². The summed E-state index contributed by atoms with van der Waals surface area (Å²) in [4.78, 5) is 35.2. The summed E-state index contributed by atoms with van der Waals surface area (Å²) in [5.41, 5.74) is 0.00597. The van der Waals surface area contributed by atoms with Gasteiger partial charge in [-0.15, -0.1) is 0 Å². The molecule has 0 fully saturated rings. The Morgan fingerprint density at radius 3 is 2.46 bits per heavy atom. The van der Waals surface area contributed by atoms with Gasteiger partial charge in [0.15, 0.2) is 6.61 Å². The highest BCUT2D eigenvalue weighted by Crippen LogP contribution is 2.23. The number of hydrogen-bond donors (Lipinski definition) is 1. The summed E-state index contributed by atoms with van der Waals surface area (Å²) >= 11 is 5.84. The molecule has 0 unspecified atom stereocenters. The van der Waals surface area contributed by atoms with Crippen LogP contribution >= 0.6 is 11.6 Å². The number of hydrogen-bond acceptors (Lipinski definition) is 5. The van der Waals surface area contributed by atoms with Crippen molar-refractivity contribution in [1.29, 1.82) is 0 Å². The monoisotopic (exact) mass is 379 g/mol. The molecule has 0 bridgehead atoms. The predicted octanol–water partition coefficient (Wildman–Crippen LogP) is 3.49. The van der Waals surface area contributed by atoms with Crippen LogP contribution in [0.25, 0.3) is 0 Å². The fourth-order valence-corrected chi connectivity index (χ4v) is 2.32. The summed E-state index contributed by atoms with van der Waals surface area (Å²) in [6, 6.07) is 7.96. The lowest BCUT2D eigenvalue weighted by Crippen LogP contribution is -2.16. The molecule has 2 aromatic rings. The van der Waals surface area contributed by atoms with E-state index >= 15 is 0 Å². The molecule has 0 heterocycles. The van der Waals surface area contributed by atoms with Gasteiger partial charge < -0.3 is 14.8 Å². The number of benzene rings is 2. The standard InChI is InChI=1S/C18H15ClFNO5/c1-10(22)21-12-4-5-13(15(20)8-12)16(23)9-26-18(24)14-7-11(19)3-6-17(14)25-2/h3-8H,9H2,1-2H3,(H,21,22). The first kappa shape index (κ1) is 19.4. The molecular weight excluding hydrogens is 365 g/mol. The molecule has 0 aliphatic heterocycles. The summed E-state index contributed by atoms with van der Waals surface area (Å²) in [6.07, 6.45) is 0. The summed E-state index contributed by atoms with van der Waals surface area (Å²) in [5.74, 6) is -2.53. The van der Waals surface area contributed by atoms with Gasteiger partial charge in [0.25, 0.3) is 0 Å². The molecule has 0 saturated heterocycles. The quantitative estimate of drug-likeness (QED) is 0.613. The molecule has 0 aliphatic rings. The second-order valence-electron chi connectivity index (χ2n) is 5.22. The maximum absolute atomic E-state index is 14.0. The van der Waals surface area contributed by atoms with E-state index in [2.05, 4.69) is 5.32 Å². The summed E-state index contributed by atoms with van der Waals surface area (Å²) < 4.78 is 24.0. The molecule has 1 amide bonds. The fourth-order valence-electron chi connectivity index (χ4n) is 2.15. The van der Waals surface area contributed by atoms with Gasteiger partial charge in [-0.3, -0.25) is 9.59 Å². The topological polar surface area (TPSA) is 81.7 Å². The van der Waals surface area contributed by atoms with Gasteiger partial charge in [0.05, 0.1) is 12.7 Å². The van der Waals surface area contributed by atoms with E-state index in [1.54, 1.807) is 0 Å². The molecule has 0 aromatic heterocycles. The van der Waals surface area contributed by atoms with Gasteiger partial charge in [0.2, 0.25) is 11.7 Å². The number of Topliss-reactive ketones (excluding diaryl/α,β-unsaturated/α-hetero) is 1. The van der Waals surface area contributed by atoms with Crippen LogP contribution in [0.1, 0.15) is 27.6 Å². The maximum Gasteiger partial charge on any atom is 0.342 e. The zero-order valence-electron chi connectivity index (χ0n) is 14.0. The van der Waals surface area contributed by atoms with Crippen LogP contribution in [-0.4, -0.2) is 31.4 Å². The van der Waals surface area contributed by atoms with Gasteiger partial charge in [0, 0.05) is 17.6 Å². The molecule has 0 aliphatic carbocycles. The molecule has 1 N–H and O–H groups in total. The predicted molar refractivity (Wildman–Crippen MR) is 93.3 cm³/mol. The Morgan fingerprint density at radius 2 is 1.85 bits per heavy atom. The lowest BCUT2D eigenvalue weighted by Gasteiger charge is -2.09. The van der Waals surface area contributed by atoms with Crippen molar-refractivity contribution in [3.8, 4) is 5.75 Å². The van der Waals surface area contributed by atoms with Crippen molar-refractivity contribution in [2.45, 2.75) is 6.92 Å². The first-order valence-corrected chi connectivity index (χ1v) is 7.80. The average molecular weight is 380 g/mol. The first-order chi connectivity index (χ1) is 12.3. The number of anilines is 1. The smallest absolute Gasteiger partial charge is 0.342 e. The molecule has 136 valence electrons. The largest absolute Gasteiger partial charge is 0.496 e. The Balaban J connectivity index is 2.08. The van der Waals surface area contributed by atoms with E-state index < -0.39 is 24.2 Å². The summed E-state index contributed by atoms with van der Waals surface area (Å²) in [7, 11) is 1.37. The molecule has 2 rings (SSSR count). The second-order valence-corrected chi connectivity index (χ2v) is 5.66. The number of ether oxygens (including phenoxy) is 2. The molecule has 2 aromatic carbocycles. The fraction of sp³-hybridized carbons (Fsp3) is 0.167. The molecule has 0 saturated carbocycles. The number of nitrogens with one attached hydrogen (secondary N) is 1. The number of methoxy groups -OCH3 is 1. The number of amides is 1. The van der Waals surface area contributed by atoms with Crippen molar-refractivity contribution < 1.29 is 28.2 Å². The summed E-state index contributed by atoms with van der Waals surface area (Å²) in [6.45, 7) is 0.617. The molecule has 26 heavy (non-hydrogen) atoms. The van der Waals surface area contributed by atoms with Gasteiger partial charge in [-0.05, 0) is 36.4 Å². The van der Waals surface area contributed by atoms with Crippen LogP contribution in [0.4, 0.5) is 10.1 Å². The Hall–Kier alpha value is -2.93. The number of halogens is 2. The Kier molecular flexibility index (Phi) is 6.30. The van der Waals surface area contributed by atoms with E-state index in [0.717, 1.165) is 6.07 Å². The third-order valence-electron chi connectivity index (χ3n) is 3.31. The number of esters is 1. The van der Waals surface area contributed by atoms with Crippen molar-refractivity contribution in [2.75, 3.05) is 19.0 Å². The van der Waals surface area contributed by atoms with Crippen molar-refractivity contribution >= 4 is 34.9 Å². The molecule has 0 radical (unpaired) electrons. The zero-order chi connectivity index (χ0) is 19.3. The van der Waals surface area contributed by atoms with Crippen molar-refractivity contribution in [3.63, 3.8) is 0 Å². The lowest BCUT2D eigenvalue weighted by molar-refractivity contribution is -0.114. The minimum atomic E-state index is -0.836. The minimum absolute atomic E-state index is 0.0503. The highest BCUT2D eigenvalue weighted by Gasteiger charge is 2.18. The molecule has 8 heteroatoms. The number of rotatable bonds is 6. The third kappa shape index (κ3) is 4.80. The van der Waals surface area contributed by atoms with Crippen LogP contribution < -0.4 is 10.1 Å². The van der Waals surface area contributed by atoms with Gasteiger partial charge in [-0.1, -0.05) is 11.6 Å². The second kappa shape index (κ2) is 8.44. The van der Waals surface area contributed by atoms with Crippen LogP contribution in [0.3, 0.4) is 0 Å². The molecule has 6 nitrogen and oxygen atoms in total. The van der Waals surface area contributed by atoms with E-state index in [4.69, 9.17) is 21.1 Å². The SMILES string of the molecule is COc1ccc(Cl)cc1C(=O)OCC(=O)c1ccc(NC(C)=O)cc1F. The van der Waals surface area contributed by atoms with Crippen LogP contribution in [0.2, 0.25) is 5.02 Å². The van der Waals surface area contributed by atoms with E-state index in [1.165, 1.54) is 44.4 Å². The van der Waals surface area contributed by atoms with Crippen molar-refractivity contribution in [2.24, 2.45) is 0 Å². The van der Waals surface area contributed by atoms with Crippen LogP contribution in [0.5, 0.6) is 5.75 Å². The normalized spacial score (nSPS) is 10.2. The van der Waals surface area contributed by atoms with Gasteiger partial charge in [-0.25, -0.2) is 9.18 Å². The van der Waals surface area contributed by atoms with E-state index in [-0.39, 0.29) is 28.5 Å². The Bertz CT molecular complexity index is 869. The lowest BCUT2D eigenvalue weighted by atomic mass is 10.1. The highest BCUT2D eigenvalue weighted by molar-refractivity contribution is 6.31. The van der Waals surface area contributed by atoms with E-state index in [9.17, 15) is 18.8 Å². The number of carbonyl (C=O) groups excluding carboxylic acids is 3. The molecule has 0 spiro atoms. The van der Waals surface area contributed by atoms with Crippen LogP contribution in [-0.2, 0) is 9.53 Å². The third-order valence-corrected chi connectivity index (χ3v) is 3.54.